The Morgan fingerprint density at radius 1 is 1.42 bits per heavy atom. The summed E-state index contributed by atoms with van der Waals surface area (Å²) in [4.78, 5) is 10.6. The van der Waals surface area contributed by atoms with Gasteiger partial charge in [0.1, 0.15) is 17.0 Å². The zero-order valence-electron chi connectivity index (χ0n) is 10.9. The maximum absolute atomic E-state index is 11.0. The first-order valence-electron chi connectivity index (χ1n) is 5.69. The van der Waals surface area contributed by atoms with E-state index in [1.54, 1.807) is 32.9 Å². The number of aliphatic hydroxyl groups is 1. The molecular weight excluding hydrogens is 248 g/mol. The average molecular weight is 262 g/mol. The first kappa shape index (κ1) is 13.2. The van der Waals surface area contributed by atoms with Crippen molar-refractivity contribution in [3.63, 3.8) is 0 Å². The number of aryl methyl sites for hydroxylation is 1. The van der Waals surface area contributed by atoms with E-state index in [1.807, 2.05) is 0 Å². The maximum atomic E-state index is 11.0. The highest BCUT2D eigenvalue weighted by molar-refractivity contribution is 5.53. The normalized spacial score (nSPS) is 11.6. The molecule has 7 heteroatoms. The Morgan fingerprint density at radius 3 is 2.63 bits per heavy atom. The van der Waals surface area contributed by atoms with Crippen molar-refractivity contribution in [2.45, 2.75) is 26.4 Å². The minimum absolute atomic E-state index is 0.0489. The van der Waals surface area contributed by atoms with Gasteiger partial charge in [0.05, 0.1) is 11.1 Å². The van der Waals surface area contributed by atoms with Crippen LogP contribution < -0.4 is 0 Å². The van der Waals surface area contributed by atoms with Crippen molar-refractivity contribution in [3.05, 3.63) is 45.8 Å². The predicted octanol–water partition coefficient (Wildman–Crippen LogP) is 1.71. The van der Waals surface area contributed by atoms with Gasteiger partial charge >= 0.3 is 0 Å². The standard InChI is InChI=1S/C12H14N4O3/c1-8-4-5-9(10(6-8)16(18)19)15-7-11(13-14-15)12(2,3)17/h4-7,17H,1-3H3. The quantitative estimate of drug-likeness (QED) is 0.671. The van der Waals surface area contributed by atoms with Crippen LogP contribution in [-0.4, -0.2) is 25.0 Å². The second kappa shape index (κ2) is 4.43. The summed E-state index contributed by atoms with van der Waals surface area (Å²) >= 11 is 0. The summed E-state index contributed by atoms with van der Waals surface area (Å²) in [5.74, 6) is 0. The van der Waals surface area contributed by atoms with Gasteiger partial charge in [-0.05, 0) is 32.4 Å². The van der Waals surface area contributed by atoms with Crippen LogP contribution in [0.2, 0.25) is 0 Å². The minimum Gasteiger partial charge on any atom is -0.384 e. The Kier molecular flexibility index (Phi) is 3.07. The van der Waals surface area contributed by atoms with Gasteiger partial charge in [-0.25, -0.2) is 4.68 Å². The van der Waals surface area contributed by atoms with Crippen molar-refractivity contribution in [1.82, 2.24) is 15.0 Å². The summed E-state index contributed by atoms with van der Waals surface area (Å²) in [5, 5.41) is 28.5. The molecule has 0 saturated carbocycles. The number of hydrogen-bond donors (Lipinski definition) is 1. The zero-order chi connectivity index (χ0) is 14.2. The Labute approximate surface area is 109 Å². The first-order valence-corrected chi connectivity index (χ1v) is 5.69. The highest BCUT2D eigenvalue weighted by Crippen LogP contribution is 2.25. The molecule has 100 valence electrons. The van der Waals surface area contributed by atoms with Crippen LogP contribution in [0.1, 0.15) is 25.1 Å². The van der Waals surface area contributed by atoms with Gasteiger partial charge in [-0.3, -0.25) is 10.1 Å². The molecule has 0 spiro atoms. The third-order valence-corrected chi connectivity index (χ3v) is 2.69. The van der Waals surface area contributed by atoms with Gasteiger partial charge in [-0.1, -0.05) is 11.3 Å². The topological polar surface area (TPSA) is 94.1 Å². The molecule has 0 amide bonds. The summed E-state index contributed by atoms with van der Waals surface area (Å²) in [6.07, 6.45) is 1.48. The van der Waals surface area contributed by atoms with Gasteiger partial charge < -0.3 is 5.11 Å². The van der Waals surface area contributed by atoms with E-state index in [-0.39, 0.29) is 5.69 Å². The highest BCUT2D eigenvalue weighted by Gasteiger charge is 2.23. The second-order valence-corrected chi connectivity index (χ2v) is 4.86. The number of nitrogens with zero attached hydrogens (tertiary/aromatic N) is 4. The van der Waals surface area contributed by atoms with Gasteiger partial charge in [0, 0.05) is 6.07 Å². The van der Waals surface area contributed by atoms with Crippen LogP contribution in [0.3, 0.4) is 0 Å². The largest absolute Gasteiger partial charge is 0.384 e. The summed E-state index contributed by atoms with van der Waals surface area (Å²) in [6.45, 7) is 4.93. The molecule has 0 bridgehead atoms. The lowest BCUT2D eigenvalue weighted by Gasteiger charge is -2.11. The maximum Gasteiger partial charge on any atom is 0.295 e. The fraction of sp³-hybridized carbons (Fsp3) is 0.333. The number of nitro groups is 1. The molecule has 0 aliphatic carbocycles. The van der Waals surface area contributed by atoms with Crippen LogP contribution in [0.15, 0.2) is 24.4 Å². The van der Waals surface area contributed by atoms with E-state index in [0.29, 0.717) is 11.4 Å². The first-order chi connectivity index (χ1) is 8.79. The van der Waals surface area contributed by atoms with Gasteiger partial charge in [0.25, 0.3) is 5.69 Å². The summed E-state index contributed by atoms with van der Waals surface area (Å²) in [7, 11) is 0. The van der Waals surface area contributed by atoms with Gasteiger partial charge in [-0.2, -0.15) is 0 Å². The molecular formula is C12H14N4O3. The Balaban J connectivity index is 2.53. The summed E-state index contributed by atoms with van der Waals surface area (Å²) in [6, 6.07) is 4.84. The fourth-order valence-electron chi connectivity index (χ4n) is 1.64. The SMILES string of the molecule is Cc1ccc(-n2cc(C(C)(C)O)nn2)c([N+](=O)[O-])c1. The molecule has 2 aromatic rings. The van der Waals surface area contributed by atoms with E-state index >= 15 is 0 Å². The zero-order valence-corrected chi connectivity index (χ0v) is 10.9. The van der Waals surface area contributed by atoms with Crippen molar-refractivity contribution in [2.75, 3.05) is 0 Å². The van der Waals surface area contributed by atoms with E-state index in [4.69, 9.17) is 0 Å². The number of benzene rings is 1. The van der Waals surface area contributed by atoms with Crippen molar-refractivity contribution in [2.24, 2.45) is 0 Å². The third-order valence-electron chi connectivity index (χ3n) is 2.69. The Morgan fingerprint density at radius 2 is 2.11 bits per heavy atom. The van der Waals surface area contributed by atoms with E-state index in [0.717, 1.165) is 5.56 Å². The van der Waals surface area contributed by atoms with Crippen molar-refractivity contribution in [3.8, 4) is 5.69 Å². The number of rotatable bonds is 3. The molecule has 0 aliphatic heterocycles. The average Bonchev–Trinajstić information content (AvgIpc) is 2.77. The summed E-state index contributed by atoms with van der Waals surface area (Å²) in [5.41, 5.74) is 0.268. The summed E-state index contributed by atoms with van der Waals surface area (Å²) < 4.78 is 1.30. The molecule has 7 nitrogen and oxygen atoms in total. The number of nitro benzene ring substituents is 1. The molecule has 0 fully saturated rings. The lowest BCUT2D eigenvalue weighted by molar-refractivity contribution is -0.384. The Hall–Kier alpha value is -2.28. The van der Waals surface area contributed by atoms with E-state index in [9.17, 15) is 15.2 Å². The predicted molar refractivity (Wildman–Crippen MR) is 68.0 cm³/mol. The molecule has 0 atom stereocenters. The molecule has 1 aromatic carbocycles. The smallest absolute Gasteiger partial charge is 0.295 e. The number of aromatic nitrogens is 3. The van der Waals surface area contributed by atoms with Gasteiger partial charge in [0.15, 0.2) is 0 Å². The van der Waals surface area contributed by atoms with Crippen LogP contribution in [0.4, 0.5) is 5.69 Å². The van der Waals surface area contributed by atoms with Crippen molar-refractivity contribution < 1.29 is 10.0 Å². The van der Waals surface area contributed by atoms with Crippen molar-refractivity contribution >= 4 is 5.69 Å². The lowest BCUT2D eigenvalue weighted by Crippen LogP contribution is -2.15. The van der Waals surface area contributed by atoms with Gasteiger partial charge in [-0.15, -0.1) is 5.10 Å². The molecule has 0 aliphatic rings. The monoisotopic (exact) mass is 262 g/mol. The van der Waals surface area contributed by atoms with E-state index < -0.39 is 10.5 Å². The number of hydrogen-bond acceptors (Lipinski definition) is 5. The molecule has 0 saturated heterocycles. The molecule has 1 heterocycles. The van der Waals surface area contributed by atoms with E-state index in [2.05, 4.69) is 10.3 Å². The van der Waals surface area contributed by atoms with Gasteiger partial charge in [0.2, 0.25) is 0 Å². The van der Waals surface area contributed by atoms with E-state index in [1.165, 1.54) is 16.9 Å². The third kappa shape index (κ3) is 2.60. The molecule has 19 heavy (non-hydrogen) atoms. The van der Waals surface area contributed by atoms with Crippen LogP contribution in [0.5, 0.6) is 0 Å². The second-order valence-electron chi connectivity index (χ2n) is 4.86. The lowest BCUT2D eigenvalue weighted by atomic mass is 10.1. The molecule has 0 radical (unpaired) electrons. The van der Waals surface area contributed by atoms with Crippen LogP contribution >= 0.6 is 0 Å². The molecule has 1 N–H and O–H groups in total. The fourth-order valence-corrected chi connectivity index (χ4v) is 1.64. The molecule has 2 rings (SSSR count). The highest BCUT2D eigenvalue weighted by atomic mass is 16.6. The van der Waals surface area contributed by atoms with Crippen LogP contribution in [0, 0.1) is 17.0 Å². The molecule has 0 unspecified atom stereocenters. The minimum atomic E-state index is -1.14. The van der Waals surface area contributed by atoms with Crippen molar-refractivity contribution in [1.29, 1.82) is 0 Å². The molecule has 1 aromatic heterocycles. The Bertz CT molecular complexity index is 628. The van der Waals surface area contributed by atoms with Crippen LogP contribution in [-0.2, 0) is 5.60 Å². The van der Waals surface area contributed by atoms with Crippen LogP contribution in [0.25, 0.3) is 5.69 Å².